The van der Waals surface area contributed by atoms with Gasteiger partial charge in [-0.1, -0.05) is 11.8 Å². The molecule has 0 bridgehead atoms. The van der Waals surface area contributed by atoms with Crippen LogP contribution in [-0.4, -0.2) is 19.7 Å². The highest BCUT2D eigenvalue weighted by molar-refractivity contribution is 8.00. The number of aromatic nitrogens is 4. The summed E-state index contributed by atoms with van der Waals surface area (Å²) in [6.45, 7) is 0. The van der Waals surface area contributed by atoms with E-state index in [1.165, 1.54) is 0 Å². The summed E-state index contributed by atoms with van der Waals surface area (Å²) in [4.78, 5) is 8.29. The third-order valence-corrected chi connectivity index (χ3v) is 3.50. The Balaban J connectivity index is 1.97. The largest absolute Gasteiger partial charge is 0.252 e. The number of rotatable bonds is 3. The first-order valence-electron chi connectivity index (χ1n) is 3.71. The second kappa shape index (κ2) is 3.89. The van der Waals surface area contributed by atoms with E-state index in [1.54, 1.807) is 34.1 Å². The highest BCUT2D eigenvalue weighted by Gasteiger charge is 2.02. The summed E-state index contributed by atoms with van der Waals surface area (Å²) in [6, 6.07) is 0. The normalized spacial score (nSPS) is 10.5. The average molecular weight is 212 g/mol. The van der Waals surface area contributed by atoms with Crippen LogP contribution in [0.4, 0.5) is 0 Å². The topological polar surface area (TPSA) is 43.6 Å². The molecule has 0 atom stereocenters. The summed E-state index contributed by atoms with van der Waals surface area (Å²) in [5.74, 6) is 1.80. The van der Waals surface area contributed by atoms with Crippen LogP contribution in [0.1, 0.15) is 5.82 Å². The molecule has 13 heavy (non-hydrogen) atoms. The van der Waals surface area contributed by atoms with Gasteiger partial charge in [0.15, 0.2) is 0 Å². The summed E-state index contributed by atoms with van der Waals surface area (Å²) in [7, 11) is 1.89. The molecular formula is C7H8N4S2. The zero-order chi connectivity index (χ0) is 9.10. The lowest BCUT2D eigenvalue weighted by Crippen LogP contribution is -1.97. The molecule has 0 N–H and O–H groups in total. The van der Waals surface area contributed by atoms with Crippen LogP contribution < -0.4 is 0 Å². The SMILES string of the molecule is Cn1ncnc1CSc1nccs1. The molecule has 0 radical (unpaired) electrons. The molecule has 0 saturated heterocycles. The van der Waals surface area contributed by atoms with Crippen LogP contribution >= 0.6 is 23.1 Å². The molecule has 0 aliphatic heterocycles. The van der Waals surface area contributed by atoms with Gasteiger partial charge in [0.2, 0.25) is 0 Å². The van der Waals surface area contributed by atoms with Crippen LogP contribution in [0.2, 0.25) is 0 Å². The zero-order valence-electron chi connectivity index (χ0n) is 7.04. The van der Waals surface area contributed by atoms with Crippen molar-refractivity contribution in [2.75, 3.05) is 0 Å². The van der Waals surface area contributed by atoms with Gasteiger partial charge in [-0.15, -0.1) is 11.3 Å². The maximum absolute atomic E-state index is 4.17. The van der Waals surface area contributed by atoms with Crippen LogP contribution in [0.3, 0.4) is 0 Å². The first kappa shape index (κ1) is 8.71. The number of thioether (sulfide) groups is 1. The minimum absolute atomic E-state index is 0.823. The van der Waals surface area contributed by atoms with E-state index in [-0.39, 0.29) is 0 Å². The Morgan fingerprint density at radius 3 is 3.08 bits per heavy atom. The van der Waals surface area contributed by atoms with Gasteiger partial charge >= 0.3 is 0 Å². The number of thiazole rings is 1. The lowest BCUT2D eigenvalue weighted by Gasteiger charge is -1.96. The Kier molecular flexibility index (Phi) is 2.60. The van der Waals surface area contributed by atoms with Gasteiger partial charge in [-0.3, -0.25) is 4.68 Å². The molecule has 68 valence electrons. The van der Waals surface area contributed by atoms with E-state index < -0.39 is 0 Å². The summed E-state index contributed by atoms with van der Waals surface area (Å²) in [6.07, 6.45) is 3.38. The Morgan fingerprint density at radius 1 is 1.54 bits per heavy atom. The molecule has 0 fully saturated rings. The second-order valence-electron chi connectivity index (χ2n) is 2.39. The van der Waals surface area contributed by atoms with E-state index in [2.05, 4.69) is 15.1 Å². The van der Waals surface area contributed by atoms with E-state index in [4.69, 9.17) is 0 Å². The maximum Gasteiger partial charge on any atom is 0.150 e. The smallest absolute Gasteiger partial charge is 0.150 e. The number of nitrogens with zero attached hydrogens (tertiary/aromatic N) is 4. The summed E-state index contributed by atoms with van der Waals surface area (Å²) >= 11 is 3.33. The van der Waals surface area contributed by atoms with Crippen molar-refractivity contribution < 1.29 is 0 Å². The zero-order valence-corrected chi connectivity index (χ0v) is 8.68. The molecule has 4 nitrogen and oxygen atoms in total. The van der Waals surface area contributed by atoms with Crippen LogP contribution in [0.25, 0.3) is 0 Å². The summed E-state index contributed by atoms with van der Waals surface area (Å²) in [5.41, 5.74) is 0. The van der Waals surface area contributed by atoms with Crippen LogP contribution in [0, 0.1) is 0 Å². The molecular weight excluding hydrogens is 204 g/mol. The van der Waals surface area contributed by atoms with Crippen molar-refractivity contribution in [3.05, 3.63) is 23.7 Å². The van der Waals surface area contributed by atoms with Crippen LogP contribution in [0.15, 0.2) is 22.2 Å². The molecule has 2 heterocycles. The Morgan fingerprint density at radius 2 is 2.46 bits per heavy atom. The van der Waals surface area contributed by atoms with E-state index in [1.807, 2.05) is 18.6 Å². The van der Waals surface area contributed by atoms with Gasteiger partial charge in [0.05, 0.1) is 5.75 Å². The fourth-order valence-electron chi connectivity index (χ4n) is 0.859. The van der Waals surface area contributed by atoms with Gasteiger partial charge in [0.1, 0.15) is 16.5 Å². The molecule has 0 aliphatic rings. The fourth-order valence-corrected chi connectivity index (χ4v) is 2.48. The van der Waals surface area contributed by atoms with Crippen molar-refractivity contribution >= 4 is 23.1 Å². The van der Waals surface area contributed by atoms with E-state index in [0.29, 0.717) is 0 Å². The number of hydrogen-bond acceptors (Lipinski definition) is 5. The molecule has 0 aromatic carbocycles. The monoisotopic (exact) mass is 212 g/mol. The number of hydrogen-bond donors (Lipinski definition) is 0. The second-order valence-corrected chi connectivity index (χ2v) is 4.50. The average Bonchev–Trinajstić information content (AvgIpc) is 2.72. The minimum atomic E-state index is 0.823. The maximum atomic E-state index is 4.17. The van der Waals surface area contributed by atoms with Crippen molar-refractivity contribution in [1.82, 2.24) is 19.7 Å². The van der Waals surface area contributed by atoms with Crippen molar-refractivity contribution in [2.45, 2.75) is 10.1 Å². The van der Waals surface area contributed by atoms with Crippen molar-refractivity contribution in [1.29, 1.82) is 0 Å². The molecule has 0 saturated carbocycles. The van der Waals surface area contributed by atoms with Crippen molar-refractivity contribution in [3.8, 4) is 0 Å². The highest BCUT2D eigenvalue weighted by atomic mass is 32.2. The van der Waals surface area contributed by atoms with E-state index in [0.717, 1.165) is 15.9 Å². The highest BCUT2D eigenvalue weighted by Crippen LogP contribution is 2.23. The predicted octanol–water partition coefficient (Wildman–Crippen LogP) is 1.56. The standard InChI is InChI=1S/C7H8N4S2/c1-11-6(9-5-10-11)4-13-7-8-2-3-12-7/h2-3,5H,4H2,1H3. The van der Waals surface area contributed by atoms with E-state index >= 15 is 0 Å². The Hall–Kier alpha value is -0.880. The molecule has 2 aromatic rings. The molecule has 0 unspecified atom stereocenters. The lowest BCUT2D eigenvalue weighted by atomic mass is 10.7. The van der Waals surface area contributed by atoms with Crippen LogP contribution in [0.5, 0.6) is 0 Å². The van der Waals surface area contributed by atoms with Gasteiger partial charge in [0, 0.05) is 18.6 Å². The molecule has 2 rings (SSSR count). The summed E-state index contributed by atoms with van der Waals surface area (Å²) < 4.78 is 2.85. The minimum Gasteiger partial charge on any atom is -0.252 e. The lowest BCUT2D eigenvalue weighted by molar-refractivity contribution is 0.730. The molecule has 0 amide bonds. The number of aryl methyl sites for hydroxylation is 1. The molecule has 2 aromatic heterocycles. The van der Waals surface area contributed by atoms with Gasteiger partial charge in [-0.2, -0.15) is 5.10 Å². The van der Waals surface area contributed by atoms with Crippen molar-refractivity contribution in [2.24, 2.45) is 7.05 Å². The molecule has 0 spiro atoms. The first-order chi connectivity index (χ1) is 6.36. The van der Waals surface area contributed by atoms with Gasteiger partial charge in [0.25, 0.3) is 0 Å². The summed E-state index contributed by atoms with van der Waals surface area (Å²) in [5, 5.41) is 5.96. The van der Waals surface area contributed by atoms with Crippen LogP contribution in [-0.2, 0) is 12.8 Å². The third-order valence-electron chi connectivity index (χ3n) is 1.54. The van der Waals surface area contributed by atoms with Gasteiger partial charge < -0.3 is 0 Å². The Bertz CT molecular complexity index is 368. The third kappa shape index (κ3) is 2.07. The quantitative estimate of drug-likeness (QED) is 0.724. The van der Waals surface area contributed by atoms with Crippen molar-refractivity contribution in [3.63, 3.8) is 0 Å². The Labute approximate surface area is 84.0 Å². The van der Waals surface area contributed by atoms with Gasteiger partial charge in [-0.05, 0) is 0 Å². The van der Waals surface area contributed by atoms with Gasteiger partial charge in [-0.25, -0.2) is 9.97 Å². The fraction of sp³-hybridized carbons (Fsp3) is 0.286. The van der Waals surface area contributed by atoms with E-state index in [9.17, 15) is 0 Å². The molecule has 6 heteroatoms. The molecule has 0 aliphatic carbocycles. The first-order valence-corrected chi connectivity index (χ1v) is 5.58. The predicted molar refractivity (Wildman–Crippen MR) is 52.7 cm³/mol.